The first-order chi connectivity index (χ1) is 14.2. The number of hydrogen-bond acceptors (Lipinski definition) is 7. The fourth-order valence-electron chi connectivity index (χ4n) is 2.75. The summed E-state index contributed by atoms with van der Waals surface area (Å²) in [7, 11) is 0. The number of nitrogens with two attached hydrogens (primary N) is 1. The van der Waals surface area contributed by atoms with Gasteiger partial charge in [-0.3, -0.25) is 0 Å². The fourth-order valence-corrected chi connectivity index (χ4v) is 2.75. The lowest BCUT2D eigenvalue weighted by atomic mass is 10.1. The zero-order valence-electron chi connectivity index (χ0n) is 15.3. The number of ether oxygens (including phenoxy) is 1. The zero-order chi connectivity index (χ0) is 20.1. The molecule has 0 unspecified atom stereocenters. The quantitative estimate of drug-likeness (QED) is 0.499. The smallest absolute Gasteiger partial charge is 0.356 e. The molecule has 2 N–H and O–H groups in total. The molecule has 0 saturated heterocycles. The van der Waals surface area contributed by atoms with E-state index in [1.165, 1.54) is 0 Å². The molecule has 0 atom stereocenters. The van der Waals surface area contributed by atoms with Crippen molar-refractivity contribution >= 4 is 5.97 Å². The minimum absolute atomic E-state index is 0.302. The summed E-state index contributed by atoms with van der Waals surface area (Å²) >= 11 is 0. The van der Waals surface area contributed by atoms with Gasteiger partial charge >= 0.3 is 5.97 Å². The standard InChI is InChI=1S/C22H17N3O4/c23-28-22(26)18-8-4-7-17(13-18)20-24-21(29-25-20)16-9-11-19(12-10-16)27-14-15-5-2-1-3-6-15/h1-13H,14,23H2. The summed E-state index contributed by atoms with van der Waals surface area (Å²) in [6.07, 6.45) is 0. The van der Waals surface area contributed by atoms with Crippen LogP contribution in [0.1, 0.15) is 15.9 Å². The van der Waals surface area contributed by atoms with Gasteiger partial charge in [0.1, 0.15) is 12.4 Å². The van der Waals surface area contributed by atoms with Gasteiger partial charge in [-0.25, -0.2) is 4.79 Å². The van der Waals surface area contributed by atoms with Gasteiger partial charge in [-0.1, -0.05) is 47.6 Å². The van der Waals surface area contributed by atoms with Gasteiger partial charge in [0, 0.05) is 11.1 Å². The molecule has 0 bridgehead atoms. The molecule has 0 aliphatic rings. The third-order valence-corrected chi connectivity index (χ3v) is 4.24. The van der Waals surface area contributed by atoms with Crippen LogP contribution >= 0.6 is 0 Å². The van der Waals surface area contributed by atoms with Crippen molar-refractivity contribution in [2.45, 2.75) is 6.61 Å². The predicted octanol–water partition coefficient (Wildman–Crippen LogP) is 4.01. The van der Waals surface area contributed by atoms with Gasteiger partial charge in [-0.05, 0) is 42.0 Å². The van der Waals surface area contributed by atoms with Crippen molar-refractivity contribution in [1.29, 1.82) is 0 Å². The molecule has 0 saturated carbocycles. The number of benzene rings is 3. The highest BCUT2D eigenvalue weighted by Crippen LogP contribution is 2.25. The zero-order valence-corrected chi connectivity index (χ0v) is 15.3. The van der Waals surface area contributed by atoms with Crippen LogP contribution in [0.4, 0.5) is 0 Å². The van der Waals surface area contributed by atoms with Crippen molar-refractivity contribution in [2.75, 3.05) is 0 Å². The summed E-state index contributed by atoms with van der Waals surface area (Å²) in [4.78, 5) is 20.2. The van der Waals surface area contributed by atoms with Crippen LogP contribution in [0.2, 0.25) is 0 Å². The average Bonchev–Trinajstić information content (AvgIpc) is 3.29. The van der Waals surface area contributed by atoms with Crippen LogP contribution in [0.25, 0.3) is 22.8 Å². The minimum Gasteiger partial charge on any atom is -0.489 e. The second-order valence-corrected chi connectivity index (χ2v) is 6.21. The van der Waals surface area contributed by atoms with Crippen LogP contribution in [0.3, 0.4) is 0 Å². The third kappa shape index (κ3) is 4.31. The lowest BCUT2D eigenvalue weighted by Gasteiger charge is -2.06. The maximum absolute atomic E-state index is 11.6. The Morgan fingerprint density at radius 2 is 1.72 bits per heavy atom. The molecular weight excluding hydrogens is 370 g/mol. The SMILES string of the molecule is NOC(=O)c1cccc(-c2noc(-c3ccc(OCc4ccccc4)cc3)n2)c1. The van der Waals surface area contributed by atoms with Crippen LogP contribution in [-0.2, 0) is 11.4 Å². The van der Waals surface area contributed by atoms with Crippen molar-refractivity contribution in [3.63, 3.8) is 0 Å². The van der Waals surface area contributed by atoms with Gasteiger partial charge in [-0.15, -0.1) is 0 Å². The van der Waals surface area contributed by atoms with Crippen molar-refractivity contribution in [1.82, 2.24) is 10.1 Å². The van der Waals surface area contributed by atoms with E-state index in [0.29, 0.717) is 29.4 Å². The van der Waals surface area contributed by atoms with Crippen molar-refractivity contribution in [3.8, 4) is 28.6 Å². The highest BCUT2D eigenvalue weighted by Gasteiger charge is 2.13. The van der Waals surface area contributed by atoms with E-state index in [4.69, 9.17) is 15.2 Å². The average molecular weight is 387 g/mol. The molecule has 1 heterocycles. The molecule has 0 amide bonds. The molecule has 0 aliphatic carbocycles. The largest absolute Gasteiger partial charge is 0.489 e. The van der Waals surface area contributed by atoms with E-state index in [0.717, 1.165) is 16.9 Å². The Hall–Kier alpha value is -3.97. The second kappa shape index (κ2) is 8.37. The first-order valence-corrected chi connectivity index (χ1v) is 8.85. The number of nitrogens with zero attached hydrogens (tertiary/aromatic N) is 2. The van der Waals surface area contributed by atoms with E-state index in [1.807, 2.05) is 54.6 Å². The summed E-state index contributed by atoms with van der Waals surface area (Å²) in [5.41, 5.74) is 2.77. The lowest BCUT2D eigenvalue weighted by Crippen LogP contribution is -2.09. The Morgan fingerprint density at radius 1 is 0.931 bits per heavy atom. The molecule has 1 aromatic heterocycles. The first kappa shape index (κ1) is 18.4. The molecule has 7 heteroatoms. The second-order valence-electron chi connectivity index (χ2n) is 6.21. The molecule has 0 fully saturated rings. The number of hydrogen-bond donors (Lipinski definition) is 1. The summed E-state index contributed by atoms with van der Waals surface area (Å²) in [5, 5.41) is 3.99. The van der Waals surface area contributed by atoms with Crippen molar-refractivity contribution in [2.24, 2.45) is 5.90 Å². The first-order valence-electron chi connectivity index (χ1n) is 8.85. The molecule has 0 spiro atoms. The lowest BCUT2D eigenvalue weighted by molar-refractivity contribution is 0.0503. The van der Waals surface area contributed by atoms with Gasteiger partial charge < -0.3 is 14.1 Å². The third-order valence-electron chi connectivity index (χ3n) is 4.24. The summed E-state index contributed by atoms with van der Waals surface area (Å²) in [6.45, 7) is 0.493. The molecule has 0 aliphatic heterocycles. The van der Waals surface area contributed by atoms with Gasteiger partial charge in [0.2, 0.25) is 5.82 Å². The Balaban J connectivity index is 1.47. The highest BCUT2D eigenvalue weighted by atomic mass is 16.7. The van der Waals surface area contributed by atoms with E-state index in [-0.39, 0.29) is 0 Å². The van der Waals surface area contributed by atoms with Crippen LogP contribution in [0.5, 0.6) is 5.75 Å². The summed E-state index contributed by atoms with van der Waals surface area (Å²) in [5.74, 6) is 5.75. The molecule has 4 rings (SSSR count). The van der Waals surface area contributed by atoms with Crippen molar-refractivity contribution in [3.05, 3.63) is 90.0 Å². The van der Waals surface area contributed by atoms with E-state index in [2.05, 4.69) is 15.0 Å². The molecule has 29 heavy (non-hydrogen) atoms. The Kier molecular flexibility index (Phi) is 5.31. The molecule has 7 nitrogen and oxygen atoms in total. The summed E-state index contributed by atoms with van der Waals surface area (Å²) < 4.78 is 11.1. The maximum atomic E-state index is 11.6. The Labute approximate surface area is 166 Å². The number of carbonyl (C=O) groups is 1. The topological polar surface area (TPSA) is 100 Å². The molecule has 3 aromatic carbocycles. The van der Waals surface area contributed by atoms with Crippen LogP contribution in [0.15, 0.2) is 83.4 Å². The van der Waals surface area contributed by atoms with E-state index >= 15 is 0 Å². The van der Waals surface area contributed by atoms with Crippen LogP contribution < -0.4 is 10.6 Å². The van der Waals surface area contributed by atoms with Gasteiger partial charge in [0.05, 0.1) is 5.56 Å². The predicted molar refractivity (Wildman–Crippen MR) is 106 cm³/mol. The van der Waals surface area contributed by atoms with Gasteiger partial charge in [0.15, 0.2) is 0 Å². The van der Waals surface area contributed by atoms with Gasteiger partial charge in [-0.2, -0.15) is 10.9 Å². The molecular formula is C22H17N3O4. The molecule has 4 aromatic rings. The maximum Gasteiger partial charge on any atom is 0.356 e. The number of rotatable bonds is 6. The normalized spacial score (nSPS) is 10.5. The monoisotopic (exact) mass is 387 g/mol. The van der Waals surface area contributed by atoms with Crippen LogP contribution in [-0.4, -0.2) is 16.1 Å². The van der Waals surface area contributed by atoms with E-state index < -0.39 is 5.97 Å². The summed E-state index contributed by atoms with van der Waals surface area (Å²) in [6, 6.07) is 24.0. The van der Waals surface area contributed by atoms with Crippen LogP contribution in [0, 0.1) is 0 Å². The molecule has 144 valence electrons. The molecule has 0 radical (unpaired) electrons. The fraction of sp³-hybridized carbons (Fsp3) is 0.0455. The Bertz CT molecular complexity index is 1110. The van der Waals surface area contributed by atoms with Crippen molar-refractivity contribution < 1.29 is 18.9 Å². The van der Waals surface area contributed by atoms with E-state index in [9.17, 15) is 4.79 Å². The number of carbonyl (C=O) groups excluding carboxylic acids is 1. The minimum atomic E-state index is -0.637. The van der Waals surface area contributed by atoms with E-state index in [1.54, 1.807) is 24.3 Å². The Morgan fingerprint density at radius 3 is 2.48 bits per heavy atom. The number of aromatic nitrogens is 2. The van der Waals surface area contributed by atoms with Gasteiger partial charge in [0.25, 0.3) is 5.89 Å². The highest BCUT2D eigenvalue weighted by molar-refractivity contribution is 5.90.